The first-order chi connectivity index (χ1) is 6.90. The van der Waals surface area contributed by atoms with Gasteiger partial charge in [0.25, 0.3) is 0 Å². The van der Waals surface area contributed by atoms with Crippen molar-refractivity contribution in [1.29, 1.82) is 5.26 Å². The van der Waals surface area contributed by atoms with E-state index in [1.165, 1.54) is 5.56 Å². The zero-order valence-corrected chi connectivity index (χ0v) is 7.83. The summed E-state index contributed by atoms with van der Waals surface area (Å²) in [7, 11) is 0. The summed E-state index contributed by atoms with van der Waals surface area (Å²) in [5.41, 5.74) is 2.34. The van der Waals surface area contributed by atoms with Gasteiger partial charge in [-0.3, -0.25) is 5.10 Å². The van der Waals surface area contributed by atoms with Gasteiger partial charge in [-0.25, -0.2) is 0 Å². The average Bonchev–Trinajstić information content (AvgIpc) is 2.65. The highest BCUT2D eigenvalue weighted by atomic mass is 15.1. The van der Waals surface area contributed by atoms with E-state index in [4.69, 9.17) is 5.26 Å². The highest BCUT2D eigenvalue weighted by molar-refractivity contribution is 5.78. The molecule has 0 radical (unpaired) electrons. The lowest BCUT2D eigenvalue weighted by molar-refractivity contribution is 0.851. The van der Waals surface area contributed by atoms with E-state index in [0.29, 0.717) is 6.42 Å². The molecule has 3 heteroatoms. The minimum Gasteiger partial charge on any atom is -0.278 e. The van der Waals surface area contributed by atoms with Crippen LogP contribution in [0.5, 0.6) is 0 Å². The van der Waals surface area contributed by atoms with Crippen LogP contribution in [-0.4, -0.2) is 10.2 Å². The van der Waals surface area contributed by atoms with Crippen molar-refractivity contribution in [2.45, 2.75) is 19.3 Å². The third-order valence-electron chi connectivity index (χ3n) is 2.26. The van der Waals surface area contributed by atoms with E-state index in [-0.39, 0.29) is 0 Å². The number of aromatic amines is 1. The second-order valence-corrected chi connectivity index (χ2v) is 3.30. The fraction of sp³-hybridized carbons (Fsp3) is 0.273. The van der Waals surface area contributed by atoms with Crippen molar-refractivity contribution < 1.29 is 0 Å². The fourth-order valence-corrected chi connectivity index (χ4v) is 1.52. The molecule has 0 aliphatic rings. The second kappa shape index (κ2) is 3.93. The maximum Gasteiger partial charge on any atom is 0.0650 e. The van der Waals surface area contributed by atoms with Crippen LogP contribution >= 0.6 is 0 Å². The van der Waals surface area contributed by atoms with Crippen molar-refractivity contribution in [2.75, 3.05) is 0 Å². The lowest BCUT2D eigenvalue weighted by atomic mass is 10.1. The van der Waals surface area contributed by atoms with Crippen molar-refractivity contribution in [3.05, 3.63) is 30.0 Å². The Bertz CT molecular complexity index is 465. The molecule has 0 unspecified atom stereocenters. The van der Waals surface area contributed by atoms with E-state index in [0.717, 1.165) is 23.7 Å². The molecule has 0 atom stereocenters. The average molecular weight is 185 g/mol. The molecule has 0 amide bonds. The molecule has 0 saturated carbocycles. The number of nitriles is 1. The summed E-state index contributed by atoms with van der Waals surface area (Å²) in [5, 5.41) is 16.4. The maximum atomic E-state index is 8.42. The van der Waals surface area contributed by atoms with Crippen molar-refractivity contribution in [3.63, 3.8) is 0 Å². The summed E-state index contributed by atoms with van der Waals surface area (Å²) in [6, 6.07) is 8.39. The normalized spacial score (nSPS) is 10.2. The molecule has 1 N–H and O–H groups in total. The molecule has 2 aromatic rings. The van der Waals surface area contributed by atoms with E-state index in [2.05, 4.69) is 28.4 Å². The molecule has 0 aliphatic carbocycles. The Morgan fingerprint density at radius 1 is 1.43 bits per heavy atom. The summed E-state index contributed by atoms with van der Waals surface area (Å²) in [4.78, 5) is 0. The highest BCUT2D eigenvalue weighted by Crippen LogP contribution is 2.14. The third-order valence-corrected chi connectivity index (χ3v) is 2.26. The fourth-order valence-electron chi connectivity index (χ4n) is 1.52. The van der Waals surface area contributed by atoms with Gasteiger partial charge in [-0.1, -0.05) is 6.07 Å². The molecule has 1 aromatic heterocycles. The van der Waals surface area contributed by atoms with Gasteiger partial charge in [-0.15, -0.1) is 0 Å². The molecule has 0 fully saturated rings. The Labute approximate surface area is 82.4 Å². The lowest BCUT2D eigenvalue weighted by Gasteiger charge is -1.98. The summed E-state index contributed by atoms with van der Waals surface area (Å²) < 4.78 is 0. The standard InChI is InChI=1S/C11H11N3/c12-6-2-1-3-9-4-5-11-10(7-9)8-13-14-11/h4-5,7-8H,1-3H2,(H,13,14). The molecular formula is C11H11N3. The largest absolute Gasteiger partial charge is 0.278 e. The molecule has 2 rings (SSSR count). The predicted octanol–water partition coefficient (Wildman–Crippen LogP) is 2.41. The Kier molecular flexibility index (Phi) is 2.46. The first-order valence-corrected chi connectivity index (χ1v) is 4.69. The zero-order chi connectivity index (χ0) is 9.80. The van der Waals surface area contributed by atoms with Crippen molar-refractivity contribution in [3.8, 4) is 6.07 Å². The van der Waals surface area contributed by atoms with Gasteiger partial charge in [0.2, 0.25) is 0 Å². The first kappa shape index (κ1) is 8.76. The number of H-pyrrole nitrogens is 1. The zero-order valence-electron chi connectivity index (χ0n) is 7.83. The number of fused-ring (bicyclic) bond motifs is 1. The molecule has 0 saturated heterocycles. The van der Waals surface area contributed by atoms with Gasteiger partial charge in [0.15, 0.2) is 0 Å². The second-order valence-electron chi connectivity index (χ2n) is 3.30. The van der Waals surface area contributed by atoms with Crippen LogP contribution in [0.2, 0.25) is 0 Å². The molecular weight excluding hydrogens is 174 g/mol. The van der Waals surface area contributed by atoms with Gasteiger partial charge in [0, 0.05) is 11.8 Å². The highest BCUT2D eigenvalue weighted by Gasteiger charge is 1.97. The predicted molar refractivity (Wildman–Crippen MR) is 54.6 cm³/mol. The van der Waals surface area contributed by atoms with E-state index in [1.54, 1.807) is 0 Å². The van der Waals surface area contributed by atoms with Gasteiger partial charge in [-0.2, -0.15) is 10.4 Å². The number of aryl methyl sites for hydroxylation is 1. The van der Waals surface area contributed by atoms with Crippen molar-refractivity contribution >= 4 is 10.9 Å². The number of benzene rings is 1. The number of unbranched alkanes of at least 4 members (excludes halogenated alkanes) is 1. The van der Waals surface area contributed by atoms with Gasteiger partial charge >= 0.3 is 0 Å². The van der Waals surface area contributed by atoms with Crippen molar-refractivity contribution in [2.24, 2.45) is 0 Å². The van der Waals surface area contributed by atoms with Crippen LogP contribution in [0, 0.1) is 11.3 Å². The molecule has 1 heterocycles. The Morgan fingerprint density at radius 3 is 3.21 bits per heavy atom. The minimum atomic E-state index is 0.628. The minimum absolute atomic E-state index is 0.628. The number of rotatable bonds is 3. The van der Waals surface area contributed by atoms with Crippen LogP contribution in [0.15, 0.2) is 24.4 Å². The topological polar surface area (TPSA) is 52.5 Å². The van der Waals surface area contributed by atoms with Crippen LogP contribution < -0.4 is 0 Å². The molecule has 0 bridgehead atoms. The van der Waals surface area contributed by atoms with Gasteiger partial charge < -0.3 is 0 Å². The van der Waals surface area contributed by atoms with E-state index in [9.17, 15) is 0 Å². The van der Waals surface area contributed by atoms with E-state index in [1.807, 2.05) is 12.3 Å². The lowest BCUT2D eigenvalue weighted by Crippen LogP contribution is -1.84. The van der Waals surface area contributed by atoms with Crippen LogP contribution in [0.1, 0.15) is 18.4 Å². The molecule has 1 aromatic carbocycles. The van der Waals surface area contributed by atoms with E-state index >= 15 is 0 Å². The third kappa shape index (κ3) is 1.74. The molecule has 3 nitrogen and oxygen atoms in total. The van der Waals surface area contributed by atoms with E-state index < -0.39 is 0 Å². The quantitative estimate of drug-likeness (QED) is 0.746. The number of hydrogen-bond donors (Lipinski definition) is 1. The Morgan fingerprint density at radius 2 is 2.36 bits per heavy atom. The van der Waals surface area contributed by atoms with Gasteiger partial charge in [0.1, 0.15) is 0 Å². The Hall–Kier alpha value is -1.82. The molecule has 0 spiro atoms. The van der Waals surface area contributed by atoms with Crippen LogP contribution in [0.25, 0.3) is 10.9 Å². The summed E-state index contributed by atoms with van der Waals surface area (Å²) in [6.07, 6.45) is 4.35. The number of nitrogens with one attached hydrogen (secondary N) is 1. The maximum absolute atomic E-state index is 8.42. The Balaban J connectivity index is 2.14. The monoisotopic (exact) mass is 185 g/mol. The molecule has 70 valence electrons. The smallest absolute Gasteiger partial charge is 0.0650 e. The number of hydrogen-bond acceptors (Lipinski definition) is 2. The molecule has 0 aliphatic heterocycles. The van der Waals surface area contributed by atoms with Gasteiger partial charge in [0.05, 0.1) is 17.8 Å². The van der Waals surface area contributed by atoms with Crippen LogP contribution in [0.4, 0.5) is 0 Å². The van der Waals surface area contributed by atoms with Crippen molar-refractivity contribution in [1.82, 2.24) is 10.2 Å². The SMILES string of the molecule is N#CCCCc1ccc2[nH]ncc2c1. The summed E-state index contributed by atoms with van der Waals surface area (Å²) in [6.45, 7) is 0. The van der Waals surface area contributed by atoms with Gasteiger partial charge in [-0.05, 0) is 30.5 Å². The van der Waals surface area contributed by atoms with Crippen LogP contribution in [-0.2, 0) is 6.42 Å². The number of nitrogens with zero attached hydrogens (tertiary/aromatic N) is 2. The first-order valence-electron chi connectivity index (χ1n) is 4.69. The van der Waals surface area contributed by atoms with Crippen LogP contribution in [0.3, 0.4) is 0 Å². The summed E-state index contributed by atoms with van der Waals surface area (Å²) >= 11 is 0. The summed E-state index contributed by atoms with van der Waals surface area (Å²) in [5.74, 6) is 0. The number of aromatic nitrogens is 2. The molecule has 14 heavy (non-hydrogen) atoms.